The molecule has 13 heavy (non-hydrogen) atoms. The van der Waals surface area contributed by atoms with E-state index in [0.29, 0.717) is 0 Å². The van der Waals surface area contributed by atoms with Gasteiger partial charge in [-0.2, -0.15) is 8.42 Å². The van der Waals surface area contributed by atoms with Gasteiger partial charge in [0.15, 0.2) is 0 Å². The third-order valence-electron chi connectivity index (χ3n) is 0.825. The van der Waals surface area contributed by atoms with Gasteiger partial charge in [0, 0.05) is 6.42 Å². The molecule has 0 aromatic carbocycles. The first-order chi connectivity index (χ1) is 5.83. The minimum Gasteiger partial charge on any atom is -0.323 e. The maximum Gasteiger partial charge on any atom is 0.264 e. The first kappa shape index (κ1) is 15.2. The van der Waals surface area contributed by atoms with Crippen molar-refractivity contribution in [1.82, 2.24) is 5.32 Å². The molecule has 0 bridgehead atoms. The largest absolute Gasteiger partial charge is 0.323 e. The molecule has 0 fully saturated rings. The van der Waals surface area contributed by atoms with Crippen LogP contribution in [0.15, 0.2) is 0 Å². The molecule has 0 radical (unpaired) electrons. The van der Waals surface area contributed by atoms with Gasteiger partial charge in [0.1, 0.15) is 0 Å². The fraction of sp³-hybridized carbons (Fsp3) is 1.00. The summed E-state index contributed by atoms with van der Waals surface area (Å²) in [5.74, 6) is -0.586. The maximum atomic E-state index is 11.3. The normalized spacial score (nSPS) is 10.9. The Morgan fingerprint density at radius 2 is 1.77 bits per heavy atom. The van der Waals surface area contributed by atoms with Crippen molar-refractivity contribution in [2.45, 2.75) is 19.3 Å². The minimum atomic E-state index is -4.05. The van der Waals surface area contributed by atoms with Gasteiger partial charge in [-0.1, -0.05) is 0 Å². The van der Waals surface area contributed by atoms with Crippen LogP contribution >= 0.6 is 0 Å². The second kappa shape index (κ2) is 8.33. The maximum absolute atomic E-state index is 11.3. The molecule has 0 aliphatic heterocycles. The molecule has 0 aliphatic rings. The topological polar surface area (TPSA) is 66.4 Å². The Balaban J connectivity index is 0. The van der Waals surface area contributed by atoms with Crippen LogP contribution in [0.4, 0.5) is 8.78 Å². The smallest absolute Gasteiger partial charge is 0.264 e. The SMILES string of the molecule is CNC.O=S(=O)(O)CCCC(F)F. The van der Waals surface area contributed by atoms with Crippen molar-refractivity contribution in [3.63, 3.8) is 0 Å². The third kappa shape index (κ3) is 24.5. The van der Waals surface area contributed by atoms with Gasteiger partial charge in [-0.3, -0.25) is 4.55 Å². The summed E-state index contributed by atoms with van der Waals surface area (Å²) in [6, 6.07) is 0. The molecule has 0 unspecified atom stereocenters. The molecule has 0 aromatic rings. The Kier molecular flexibility index (Phi) is 9.75. The van der Waals surface area contributed by atoms with E-state index in [0.717, 1.165) is 0 Å². The molecule has 0 atom stereocenters. The lowest BCUT2D eigenvalue weighted by molar-refractivity contribution is 0.137. The Bertz CT molecular complexity index is 194. The fourth-order valence-electron chi connectivity index (χ4n) is 0.420. The van der Waals surface area contributed by atoms with E-state index < -0.39 is 28.7 Å². The van der Waals surface area contributed by atoms with Crippen LogP contribution in [0.2, 0.25) is 0 Å². The molecule has 0 amide bonds. The monoisotopic (exact) mass is 219 g/mol. The summed E-state index contributed by atoms with van der Waals surface area (Å²) >= 11 is 0. The van der Waals surface area contributed by atoms with Crippen molar-refractivity contribution in [2.75, 3.05) is 19.8 Å². The summed E-state index contributed by atoms with van der Waals surface area (Å²) < 4.78 is 50.6. The Hall–Kier alpha value is -0.270. The molecular formula is C6H15F2NO3S. The first-order valence-corrected chi connectivity index (χ1v) is 5.26. The average Bonchev–Trinajstić information content (AvgIpc) is 1.84. The molecule has 0 aromatic heterocycles. The van der Waals surface area contributed by atoms with Crippen molar-refractivity contribution in [3.05, 3.63) is 0 Å². The van der Waals surface area contributed by atoms with Crippen molar-refractivity contribution in [3.8, 4) is 0 Å². The molecule has 7 heteroatoms. The second-order valence-corrected chi connectivity index (χ2v) is 3.89. The third-order valence-corrected chi connectivity index (χ3v) is 1.63. The van der Waals surface area contributed by atoms with Crippen molar-refractivity contribution < 1.29 is 21.8 Å². The van der Waals surface area contributed by atoms with Crippen LogP contribution in [0.25, 0.3) is 0 Å². The standard InChI is InChI=1S/C4H8F2O3S.C2H7N/c5-4(6)2-1-3-10(7,8)9;1-3-2/h4H,1-3H2,(H,7,8,9);3H,1-2H3. The highest BCUT2D eigenvalue weighted by Crippen LogP contribution is 2.03. The molecule has 0 aliphatic carbocycles. The van der Waals surface area contributed by atoms with E-state index in [9.17, 15) is 17.2 Å². The van der Waals surface area contributed by atoms with E-state index in [-0.39, 0.29) is 6.42 Å². The summed E-state index contributed by atoms with van der Waals surface area (Å²) in [5, 5.41) is 2.75. The lowest BCUT2D eigenvalue weighted by Gasteiger charge is -1.95. The number of hydrogen-bond donors (Lipinski definition) is 2. The van der Waals surface area contributed by atoms with Gasteiger partial charge >= 0.3 is 0 Å². The van der Waals surface area contributed by atoms with E-state index in [1.54, 1.807) is 0 Å². The molecule has 0 rings (SSSR count). The Morgan fingerprint density at radius 3 is 2.00 bits per heavy atom. The highest BCUT2D eigenvalue weighted by atomic mass is 32.2. The lowest BCUT2D eigenvalue weighted by Crippen LogP contribution is -2.05. The molecule has 0 heterocycles. The number of nitrogens with one attached hydrogen (secondary N) is 1. The molecule has 0 spiro atoms. The van der Waals surface area contributed by atoms with Crippen LogP contribution in [0.5, 0.6) is 0 Å². The van der Waals surface area contributed by atoms with Crippen molar-refractivity contribution in [1.29, 1.82) is 0 Å². The summed E-state index contributed by atoms with van der Waals surface area (Å²) in [6.07, 6.45) is -3.18. The Labute approximate surface area is 77.1 Å². The second-order valence-electron chi connectivity index (χ2n) is 2.32. The van der Waals surface area contributed by atoms with Crippen LogP contribution < -0.4 is 5.32 Å². The van der Waals surface area contributed by atoms with Crippen LogP contribution in [-0.2, 0) is 10.1 Å². The number of hydrogen-bond acceptors (Lipinski definition) is 3. The highest BCUT2D eigenvalue weighted by Gasteiger charge is 2.07. The lowest BCUT2D eigenvalue weighted by atomic mass is 10.4. The zero-order valence-corrected chi connectivity index (χ0v) is 8.44. The van der Waals surface area contributed by atoms with Gasteiger partial charge in [-0.25, -0.2) is 8.78 Å². The van der Waals surface area contributed by atoms with E-state index in [4.69, 9.17) is 4.55 Å². The summed E-state index contributed by atoms with van der Waals surface area (Å²) in [6.45, 7) is 0. The van der Waals surface area contributed by atoms with Crippen molar-refractivity contribution in [2.24, 2.45) is 0 Å². The predicted molar refractivity (Wildman–Crippen MR) is 46.6 cm³/mol. The molecule has 82 valence electrons. The van der Waals surface area contributed by atoms with Gasteiger partial charge in [0.2, 0.25) is 6.43 Å². The van der Waals surface area contributed by atoms with Crippen LogP contribution in [0, 0.1) is 0 Å². The number of halogens is 2. The van der Waals surface area contributed by atoms with Crippen LogP contribution in [-0.4, -0.2) is 39.2 Å². The number of rotatable bonds is 4. The van der Waals surface area contributed by atoms with Gasteiger partial charge in [-0.05, 0) is 20.5 Å². The van der Waals surface area contributed by atoms with E-state index in [1.165, 1.54) is 0 Å². The first-order valence-electron chi connectivity index (χ1n) is 3.65. The van der Waals surface area contributed by atoms with Crippen molar-refractivity contribution >= 4 is 10.1 Å². The van der Waals surface area contributed by atoms with Crippen LogP contribution in [0.3, 0.4) is 0 Å². The minimum absolute atomic E-state index is 0.198. The average molecular weight is 219 g/mol. The molecule has 2 N–H and O–H groups in total. The zero-order valence-electron chi connectivity index (χ0n) is 7.63. The summed E-state index contributed by atoms with van der Waals surface area (Å²) in [5.41, 5.74) is 0. The highest BCUT2D eigenvalue weighted by molar-refractivity contribution is 7.85. The predicted octanol–water partition coefficient (Wildman–Crippen LogP) is 0.755. The molecule has 0 saturated carbocycles. The zero-order chi connectivity index (χ0) is 10.9. The van der Waals surface area contributed by atoms with Gasteiger partial charge in [-0.15, -0.1) is 0 Å². The van der Waals surface area contributed by atoms with Gasteiger partial charge in [0.25, 0.3) is 10.1 Å². The summed E-state index contributed by atoms with van der Waals surface area (Å²) in [4.78, 5) is 0. The quantitative estimate of drug-likeness (QED) is 0.685. The van der Waals surface area contributed by atoms with Gasteiger partial charge in [0.05, 0.1) is 5.75 Å². The molecule has 0 saturated heterocycles. The van der Waals surface area contributed by atoms with E-state index >= 15 is 0 Å². The number of alkyl halides is 2. The summed E-state index contributed by atoms with van der Waals surface area (Å²) in [7, 11) is -0.303. The van der Waals surface area contributed by atoms with Gasteiger partial charge < -0.3 is 5.32 Å². The molecule has 4 nitrogen and oxygen atoms in total. The Morgan fingerprint density at radius 1 is 1.38 bits per heavy atom. The van der Waals surface area contributed by atoms with E-state index in [2.05, 4.69) is 5.32 Å². The van der Waals surface area contributed by atoms with Crippen LogP contribution in [0.1, 0.15) is 12.8 Å². The molecular weight excluding hydrogens is 204 g/mol. The fourth-order valence-corrected chi connectivity index (χ4v) is 0.952. The van der Waals surface area contributed by atoms with E-state index in [1.807, 2.05) is 14.1 Å².